The van der Waals surface area contributed by atoms with Gasteiger partial charge in [-0.25, -0.2) is 8.42 Å². The van der Waals surface area contributed by atoms with Crippen LogP contribution >= 0.6 is 11.6 Å². The van der Waals surface area contributed by atoms with E-state index in [4.69, 9.17) is 11.6 Å². The number of hydrogen-bond donors (Lipinski definition) is 1. The second-order valence-electron chi connectivity index (χ2n) is 9.92. The molecule has 3 rings (SSSR count). The van der Waals surface area contributed by atoms with E-state index in [0.717, 1.165) is 29.4 Å². The van der Waals surface area contributed by atoms with Crippen LogP contribution in [-0.4, -0.2) is 50.5 Å². The number of halogens is 1. The minimum absolute atomic E-state index is 0.0811. The number of carbonyl (C=O) groups is 2. The van der Waals surface area contributed by atoms with E-state index in [-0.39, 0.29) is 31.3 Å². The van der Waals surface area contributed by atoms with Crippen molar-refractivity contribution in [1.82, 2.24) is 10.2 Å². The van der Waals surface area contributed by atoms with Gasteiger partial charge in [-0.3, -0.25) is 13.9 Å². The molecule has 0 aliphatic rings. The van der Waals surface area contributed by atoms with Crippen molar-refractivity contribution >= 4 is 39.1 Å². The number of aryl methyl sites for hydroxylation is 1. The number of sulfonamides is 1. The van der Waals surface area contributed by atoms with Gasteiger partial charge in [0, 0.05) is 37.5 Å². The lowest BCUT2D eigenvalue weighted by Crippen LogP contribution is -2.50. The number of rotatable bonds is 14. The number of nitrogens with one attached hydrogen (secondary N) is 1. The summed E-state index contributed by atoms with van der Waals surface area (Å²) in [5, 5.41) is 3.55. The fourth-order valence-electron chi connectivity index (χ4n) is 4.49. The van der Waals surface area contributed by atoms with Crippen molar-refractivity contribution in [3.63, 3.8) is 0 Å². The highest BCUT2D eigenvalue weighted by atomic mass is 35.5. The summed E-state index contributed by atoms with van der Waals surface area (Å²) >= 11 is 6.09. The van der Waals surface area contributed by atoms with Crippen molar-refractivity contribution in [2.75, 3.05) is 23.7 Å². The molecule has 0 heterocycles. The van der Waals surface area contributed by atoms with Gasteiger partial charge < -0.3 is 10.2 Å². The van der Waals surface area contributed by atoms with E-state index in [1.54, 1.807) is 23.1 Å². The molecule has 0 fully saturated rings. The van der Waals surface area contributed by atoms with Crippen molar-refractivity contribution in [3.05, 3.63) is 101 Å². The molecule has 0 bridgehead atoms. The highest BCUT2D eigenvalue weighted by molar-refractivity contribution is 7.92. The lowest BCUT2D eigenvalue weighted by Gasteiger charge is -2.32. The van der Waals surface area contributed by atoms with E-state index in [9.17, 15) is 18.0 Å². The van der Waals surface area contributed by atoms with Gasteiger partial charge in [-0.15, -0.1) is 0 Å². The highest BCUT2D eigenvalue weighted by Crippen LogP contribution is 2.21. The zero-order chi connectivity index (χ0) is 29.1. The van der Waals surface area contributed by atoms with Crippen LogP contribution in [0.25, 0.3) is 0 Å². The smallest absolute Gasteiger partial charge is 0.243 e. The molecule has 0 aliphatic heterocycles. The van der Waals surface area contributed by atoms with Gasteiger partial charge in [0.25, 0.3) is 0 Å². The Morgan fingerprint density at radius 1 is 0.950 bits per heavy atom. The Balaban J connectivity index is 1.86. The van der Waals surface area contributed by atoms with Gasteiger partial charge >= 0.3 is 0 Å². The molecule has 1 N–H and O–H groups in total. The predicted octanol–water partition coefficient (Wildman–Crippen LogP) is 5.36. The molecule has 0 saturated heterocycles. The zero-order valence-electron chi connectivity index (χ0n) is 23.3. The number of carbonyl (C=O) groups excluding carboxylic acids is 2. The standard InChI is InChI=1S/C31H38ClN3O4S/c1-4-19-33-31(37)29(22-25-11-6-5-7-12-25)34(23-26-15-17-27(32)18-16-26)30(36)14-9-20-35(40(3,38)39)28-13-8-10-24(2)21-28/h5-8,10-13,15-18,21,29H,4,9,14,19-20,22-23H2,1-3H3,(H,33,37)/t29-/m1/s1. The Hall–Kier alpha value is -3.36. The Bertz CT molecular complexity index is 1360. The predicted molar refractivity (Wildman–Crippen MR) is 162 cm³/mol. The van der Waals surface area contributed by atoms with Gasteiger partial charge in [0.2, 0.25) is 21.8 Å². The minimum atomic E-state index is -3.55. The first-order chi connectivity index (χ1) is 19.1. The highest BCUT2D eigenvalue weighted by Gasteiger charge is 2.30. The summed E-state index contributed by atoms with van der Waals surface area (Å²) in [6, 6.07) is 23.3. The summed E-state index contributed by atoms with van der Waals surface area (Å²) in [7, 11) is -3.55. The first-order valence-corrected chi connectivity index (χ1v) is 15.7. The Morgan fingerprint density at radius 2 is 1.65 bits per heavy atom. The lowest BCUT2D eigenvalue weighted by atomic mass is 10.0. The van der Waals surface area contributed by atoms with Crippen LogP contribution in [0, 0.1) is 6.92 Å². The molecule has 214 valence electrons. The largest absolute Gasteiger partial charge is 0.354 e. The van der Waals surface area contributed by atoms with Gasteiger partial charge in [-0.1, -0.05) is 73.1 Å². The topological polar surface area (TPSA) is 86.8 Å². The molecule has 1 atom stereocenters. The van der Waals surface area contributed by atoms with Crippen LogP contribution < -0.4 is 9.62 Å². The summed E-state index contributed by atoms with van der Waals surface area (Å²) in [4.78, 5) is 28.8. The average molecular weight is 584 g/mol. The molecule has 0 radical (unpaired) electrons. The quantitative estimate of drug-likeness (QED) is 0.277. The molecule has 3 aromatic carbocycles. The summed E-state index contributed by atoms with van der Waals surface area (Å²) in [6.07, 6.45) is 2.67. The van der Waals surface area contributed by atoms with Crippen molar-refractivity contribution in [1.29, 1.82) is 0 Å². The van der Waals surface area contributed by atoms with Crippen LogP contribution in [0.2, 0.25) is 5.02 Å². The summed E-state index contributed by atoms with van der Waals surface area (Å²) in [6.45, 7) is 4.76. The molecule has 0 saturated carbocycles. The first kappa shape index (κ1) is 31.2. The zero-order valence-corrected chi connectivity index (χ0v) is 24.9. The average Bonchev–Trinajstić information content (AvgIpc) is 2.92. The molecule has 7 nitrogen and oxygen atoms in total. The van der Waals surface area contributed by atoms with Gasteiger partial charge in [-0.2, -0.15) is 0 Å². The molecular formula is C31H38ClN3O4S. The maximum Gasteiger partial charge on any atom is 0.243 e. The van der Waals surface area contributed by atoms with Crippen molar-refractivity contribution < 1.29 is 18.0 Å². The molecular weight excluding hydrogens is 546 g/mol. The summed E-state index contributed by atoms with van der Waals surface area (Å²) in [5.74, 6) is -0.439. The Labute approximate surface area is 243 Å². The van der Waals surface area contributed by atoms with Gasteiger partial charge in [-0.05, 0) is 60.7 Å². The van der Waals surface area contributed by atoms with E-state index in [1.807, 2.05) is 74.5 Å². The monoisotopic (exact) mass is 583 g/mol. The van der Waals surface area contributed by atoms with E-state index in [0.29, 0.717) is 30.1 Å². The number of anilines is 1. The summed E-state index contributed by atoms with van der Waals surface area (Å²) in [5.41, 5.74) is 3.29. The van der Waals surface area contributed by atoms with Gasteiger partial charge in [0.15, 0.2) is 0 Å². The maximum atomic E-state index is 13.8. The molecule has 0 unspecified atom stereocenters. The number of benzene rings is 3. The van der Waals surface area contributed by atoms with E-state index >= 15 is 0 Å². The second-order valence-corrected chi connectivity index (χ2v) is 12.3. The number of amides is 2. The third kappa shape index (κ3) is 9.38. The van der Waals surface area contributed by atoms with Crippen molar-refractivity contribution in [3.8, 4) is 0 Å². The van der Waals surface area contributed by atoms with E-state index in [2.05, 4.69) is 5.32 Å². The van der Waals surface area contributed by atoms with Crippen LogP contribution in [-0.2, 0) is 32.6 Å². The Morgan fingerprint density at radius 3 is 2.27 bits per heavy atom. The minimum Gasteiger partial charge on any atom is -0.354 e. The second kappa shape index (κ2) is 14.9. The molecule has 2 amide bonds. The molecule has 0 spiro atoms. The fourth-order valence-corrected chi connectivity index (χ4v) is 5.58. The van der Waals surface area contributed by atoms with E-state index < -0.39 is 16.1 Å². The molecule has 0 aromatic heterocycles. The maximum absolute atomic E-state index is 13.8. The third-order valence-electron chi connectivity index (χ3n) is 6.53. The number of hydrogen-bond acceptors (Lipinski definition) is 4. The molecule has 9 heteroatoms. The summed E-state index contributed by atoms with van der Waals surface area (Å²) < 4.78 is 26.5. The third-order valence-corrected chi connectivity index (χ3v) is 7.97. The van der Waals surface area contributed by atoms with Crippen LogP contribution in [0.3, 0.4) is 0 Å². The van der Waals surface area contributed by atoms with Crippen LogP contribution in [0.5, 0.6) is 0 Å². The van der Waals surface area contributed by atoms with Crippen molar-refractivity contribution in [2.24, 2.45) is 0 Å². The van der Waals surface area contributed by atoms with Crippen LogP contribution in [0.1, 0.15) is 42.9 Å². The van der Waals surface area contributed by atoms with Gasteiger partial charge in [0.1, 0.15) is 6.04 Å². The normalized spacial score (nSPS) is 12.0. The molecule has 40 heavy (non-hydrogen) atoms. The van der Waals surface area contributed by atoms with Crippen LogP contribution in [0.15, 0.2) is 78.9 Å². The van der Waals surface area contributed by atoms with Crippen molar-refractivity contribution in [2.45, 2.75) is 52.1 Å². The Kier molecular flexibility index (Phi) is 11.6. The van der Waals surface area contributed by atoms with E-state index in [1.165, 1.54) is 4.31 Å². The first-order valence-electron chi connectivity index (χ1n) is 13.5. The molecule has 0 aliphatic carbocycles. The fraction of sp³-hybridized carbons (Fsp3) is 0.355. The van der Waals surface area contributed by atoms with Gasteiger partial charge in [0.05, 0.1) is 11.9 Å². The number of nitrogens with zero attached hydrogens (tertiary/aromatic N) is 2. The van der Waals surface area contributed by atoms with Crippen LogP contribution in [0.4, 0.5) is 5.69 Å². The SMILES string of the molecule is CCCNC(=O)[C@@H](Cc1ccccc1)N(Cc1ccc(Cl)cc1)C(=O)CCCN(c1cccc(C)c1)S(C)(=O)=O. The lowest BCUT2D eigenvalue weighted by molar-refractivity contribution is -0.141. The molecule has 3 aromatic rings.